The van der Waals surface area contributed by atoms with Crippen molar-refractivity contribution < 1.29 is 17.9 Å². The largest absolute Gasteiger partial charge is 0.486 e. The highest BCUT2D eigenvalue weighted by Gasteiger charge is 2.34. The number of rotatable bonds is 6. The molecule has 1 aliphatic heterocycles. The number of sulfonamides is 1. The third-order valence-corrected chi connectivity index (χ3v) is 5.87. The van der Waals surface area contributed by atoms with Crippen LogP contribution in [0.2, 0.25) is 0 Å². The predicted molar refractivity (Wildman–Crippen MR) is 93.7 cm³/mol. The molecule has 25 heavy (non-hydrogen) atoms. The van der Waals surface area contributed by atoms with Gasteiger partial charge in [-0.25, -0.2) is 23.1 Å². The fourth-order valence-corrected chi connectivity index (χ4v) is 3.37. The standard InChI is InChI=1S/C17H21N3O4S/c1-12(2)25(21,22)20-16-9-23-10-17(16)24-15-5-3-13(4-6-15)14-7-18-11-19-8-14/h3-8,11-12,16-17,20H,9-10H2,1-2H3/t16-,17+/m0/s1. The molecule has 1 saturated heterocycles. The maximum Gasteiger partial charge on any atom is 0.214 e. The summed E-state index contributed by atoms with van der Waals surface area (Å²) in [6.45, 7) is 3.93. The molecule has 134 valence electrons. The summed E-state index contributed by atoms with van der Waals surface area (Å²) >= 11 is 0. The van der Waals surface area contributed by atoms with Crippen molar-refractivity contribution in [3.8, 4) is 16.9 Å². The number of nitrogens with one attached hydrogen (secondary N) is 1. The SMILES string of the molecule is CC(C)S(=O)(=O)N[C@H]1COC[C@H]1Oc1ccc(-c2cncnc2)cc1. The van der Waals surface area contributed by atoms with Gasteiger partial charge in [-0.1, -0.05) is 12.1 Å². The smallest absolute Gasteiger partial charge is 0.214 e. The van der Waals surface area contributed by atoms with E-state index in [-0.39, 0.29) is 6.10 Å². The topological polar surface area (TPSA) is 90.4 Å². The van der Waals surface area contributed by atoms with Gasteiger partial charge in [-0.3, -0.25) is 0 Å². The van der Waals surface area contributed by atoms with Crippen LogP contribution in [0.5, 0.6) is 5.75 Å². The minimum atomic E-state index is -3.37. The van der Waals surface area contributed by atoms with E-state index in [1.54, 1.807) is 26.2 Å². The number of benzene rings is 1. The molecule has 1 aromatic heterocycles. The average Bonchev–Trinajstić information content (AvgIpc) is 3.02. The maximum absolute atomic E-state index is 12.1. The molecular formula is C17H21N3O4S. The van der Waals surface area contributed by atoms with Gasteiger partial charge in [0.1, 0.15) is 18.2 Å². The summed E-state index contributed by atoms with van der Waals surface area (Å²) in [7, 11) is -3.37. The lowest BCUT2D eigenvalue weighted by Crippen LogP contribution is -2.47. The van der Waals surface area contributed by atoms with Crippen molar-refractivity contribution in [1.82, 2.24) is 14.7 Å². The minimum Gasteiger partial charge on any atom is -0.486 e. The number of nitrogens with zero attached hydrogens (tertiary/aromatic N) is 2. The van der Waals surface area contributed by atoms with Gasteiger partial charge >= 0.3 is 0 Å². The van der Waals surface area contributed by atoms with Gasteiger partial charge in [0, 0.05) is 18.0 Å². The first-order chi connectivity index (χ1) is 12.0. The Labute approximate surface area is 147 Å². The Hall–Kier alpha value is -2.03. The van der Waals surface area contributed by atoms with Crippen LogP contribution in [0.3, 0.4) is 0 Å². The van der Waals surface area contributed by atoms with E-state index < -0.39 is 21.3 Å². The number of ether oxygens (including phenoxy) is 2. The Balaban J connectivity index is 1.67. The van der Waals surface area contributed by atoms with Crippen LogP contribution < -0.4 is 9.46 Å². The molecule has 0 spiro atoms. The average molecular weight is 363 g/mol. The summed E-state index contributed by atoms with van der Waals surface area (Å²) in [5.41, 5.74) is 1.90. The molecule has 0 saturated carbocycles. The molecule has 1 N–H and O–H groups in total. The highest BCUT2D eigenvalue weighted by molar-refractivity contribution is 7.90. The lowest BCUT2D eigenvalue weighted by Gasteiger charge is -2.21. The Morgan fingerprint density at radius 1 is 1.12 bits per heavy atom. The lowest BCUT2D eigenvalue weighted by atomic mass is 10.1. The molecule has 1 aliphatic rings. The Morgan fingerprint density at radius 3 is 2.44 bits per heavy atom. The van der Waals surface area contributed by atoms with E-state index in [1.807, 2.05) is 24.3 Å². The highest BCUT2D eigenvalue weighted by Crippen LogP contribution is 2.23. The van der Waals surface area contributed by atoms with Crippen molar-refractivity contribution >= 4 is 10.0 Å². The molecule has 1 aromatic carbocycles. The van der Waals surface area contributed by atoms with Gasteiger partial charge in [-0.15, -0.1) is 0 Å². The third kappa shape index (κ3) is 4.33. The second-order valence-corrected chi connectivity index (χ2v) is 8.43. The van der Waals surface area contributed by atoms with Gasteiger partial charge in [0.25, 0.3) is 0 Å². The van der Waals surface area contributed by atoms with E-state index in [4.69, 9.17) is 9.47 Å². The van der Waals surface area contributed by atoms with E-state index in [0.29, 0.717) is 19.0 Å². The van der Waals surface area contributed by atoms with Crippen molar-refractivity contribution in [2.24, 2.45) is 0 Å². The van der Waals surface area contributed by atoms with Crippen LogP contribution in [0, 0.1) is 0 Å². The molecule has 1 fully saturated rings. The Bertz CT molecular complexity index is 794. The first-order valence-electron chi connectivity index (χ1n) is 8.07. The molecule has 0 amide bonds. The Kier molecular flexibility index (Phi) is 5.31. The summed E-state index contributed by atoms with van der Waals surface area (Å²) in [5.74, 6) is 0.657. The quantitative estimate of drug-likeness (QED) is 0.839. The Morgan fingerprint density at radius 2 is 1.80 bits per heavy atom. The van der Waals surface area contributed by atoms with Gasteiger partial charge in [-0.2, -0.15) is 0 Å². The van der Waals surface area contributed by atoms with Crippen molar-refractivity contribution in [1.29, 1.82) is 0 Å². The minimum absolute atomic E-state index is 0.302. The van der Waals surface area contributed by atoms with Crippen molar-refractivity contribution in [3.63, 3.8) is 0 Å². The number of hydrogen-bond donors (Lipinski definition) is 1. The van der Waals surface area contributed by atoms with Gasteiger partial charge in [0.2, 0.25) is 10.0 Å². The maximum atomic E-state index is 12.1. The molecular weight excluding hydrogens is 342 g/mol. The number of aromatic nitrogens is 2. The van der Waals surface area contributed by atoms with Gasteiger partial charge in [-0.05, 0) is 31.5 Å². The molecule has 2 heterocycles. The summed E-state index contributed by atoms with van der Waals surface area (Å²) < 4.78 is 38.1. The fraction of sp³-hybridized carbons (Fsp3) is 0.412. The molecule has 2 aromatic rings. The lowest BCUT2D eigenvalue weighted by molar-refractivity contribution is 0.140. The highest BCUT2D eigenvalue weighted by atomic mass is 32.2. The normalized spacial score (nSPS) is 20.8. The zero-order valence-electron chi connectivity index (χ0n) is 14.1. The van der Waals surface area contributed by atoms with Gasteiger partial charge < -0.3 is 9.47 Å². The van der Waals surface area contributed by atoms with Crippen LogP contribution in [0.15, 0.2) is 43.0 Å². The van der Waals surface area contributed by atoms with Crippen LogP contribution >= 0.6 is 0 Å². The third-order valence-electron chi connectivity index (χ3n) is 4.00. The molecule has 0 radical (unpaired) electrons. The first kappa shape index (κ1) is 17.8. The predicted octanol–water partition coefficient (Wildman–Crippen LogP) is 1.62. The summed E-state index contributed by atoms with van der Waals surface area (Å²) in [6.07, 6.45) is 4.60. The number of hydrogen-bond acceptors (Lipinski definition) is 6. The second-order valence-electron chi connectivity index (χ2n) is 6.16. The van der Waals surface area contributed by atoms with Gasteiger partial charge in [0.05, 0.1) is 24.5 Å². The van der Waals surface area contributed by atoms with Crippen molar-refractivity contribution in [3.05, 3.63) is 43.0 Å². The zero-order chi connectivity index (χ0) is 17.9. The van der Waals surface area contributed by atoms with Gasteiger partial charge in [0.15, 0.2) is 0 Å². The second kappa shape index (κ2) is 7.47. The van der Waals surface area contributed by atoms with Crippen molar-refractivity contribution in [2.45, 2.75) is 31.2 Å². The summed E-state index contributed by atoms with van der Waals surface area (Å²) in [6, 6.07) is 7.12. The monoisotopic (exact) mass is 363 g/mol. The van der Waals surface area contributed by atoms with Crippen LogP contribution in [-0.4, -0.2) is 49.0 Å². The molecule has 8 heteroatoms. The fourth-order valence-electron chi connectivity index (χ4n) is 2.46. The molecule has 2 atom stereocenters. The van der Waals surface area contributed by atoms with E-state index in [1.165, 1.54) is 6.33 Å². The van der Waals surface area contributed by atoms with E-state index in [2.05, 4.69) is 14.7 Å². The molecule has 0 bridgehead atoms. The van der Waals surface area contributed by atoms with E-state index in [0.717, 1.165) is 11.1 Å². The van der Waals surface area contributed by atoms with Crippen molar-refractivity contribution in [2.75, 3.05) is 13.2 Å². The first-order valence-corrected chi connectivity index (χ1v) is 9.61. The molecule has 7 nitrogen and oxygen atoms in total. The van der Waals surface area contributed by atoms with E-state index in [9.17, 15) is 8.42 Å². The molecule has 0 aliphatic carbocycles. The summed E-state index contributed by atoms with van der Waals surface area (Å²) in [5, 5.41) is -0.499. The van der Waals surface area contributed by atoms with Crippen LogP contribution in [0.25, 0.3) is 11.1 Å². The van der Waals surface area contributed by atoms with Crippen LogP contribution in [-0.2, 0) is 14.8 Å². The van der Waals surface area contributed by atoms with Crippen LogP contribution in [0.4, 0.5) is 0 Å². The zero-order valence-corrected chi connectivity index (χ0v) is 14.9. The van der Waals surface area contributed by atoms with E-state index >= 15 is 0 Å². The summed E-state index contributed by atoms with van der Waals surface area (Å²) in [4.78, 5) is 8.00. The van der Waals surface area contributed by atoms with Crippen LogP contribution in [0.1, 0.15) is 13.8 Å². The molecule has 3 rings (SSSR count). The molecule has 0 unspecified atom stereocenters.